The largest absolute Gasteiger partial charge is 0.480 e. The number of rotatable bonds is 7. The van der Waals surface area contributed by atoms with Crippen molar-refractivity contribution in [3.63, 3.8) is 0 Å². The molecule has 0 amide bonds. The SMILES string of the molecule is CCCC(NCCc1ccn(C)n1)C(=O)O. The first-order valence-corrected chi connectivity index (χ1v) is 5.58. The summed E-state index contributed by atoms with van der Waals surface area (Å²) in [4.78, 5) is 10.9. The molecule has 5 heteroatoms. The fraction of sp³-hybridized carbons (Fsp3) is 0.636. The monoisotopic (exact) mass is 225 g/mol. The Kier molecular flexibility index (Phi) is 4.98. The number of carboxylic acid groups (broad SMARTS) is 1. The van der Waals surface area contributed by atoms with E-state index in [1.54, 1.807) is 4.68 Å². The Labute approximate surface area is 95.5 Å². The quantitative estimate of drug-likeness (QED) is 0.720. The second-order valence-corrected chi connectivity index (χ2v) is 3.86. The van der Waals surface area contributed by atoms with Gasteiger partial charge in [-0.15, -0.1) is 0 Å². The molecule has 0 aliphatic rings. The summed E-state index contributed by atoms with van der Waals surface area (Å²) in [6.45, 7) is 2.63. The number of nitrogens with one attached hydrogen (secondary N) is 1. The number of hydrogen-bond donors (Lipinski definition) is 2. The van der Waals surface area contributed by atoms with Gasteiger partial charge in [-0.3, -0.25) is 9.48 Å². The van der Waals surface area contributed by atoms with E-state index in [4.69, 9.17) is 5.11 Å². The van der Waals surface area contributed by atoms with Gasteiger partial charge in [-0.05, 0) is 12.5 Å². The van der Waals surface area contributed by atoms with Gasteiger partial charge in [-0.25, -0.2) is 0 Å². The van der Waals surface area contributed by atoms with Gasteiger partial charge in [0.2, 0.25) is 0 Å². The fourth-order valence-corrected chi connectivity index (χ4v) is 1.57. The lowest BCUT2D eigenvalue weighted by molar-refractivity contribution is -0.139. The van der Waals surface area contributed by atoms with Crippen molar-refractivity contribution in [2.24, 2.45) is 7.05 Å². The van der Waals surface area contributed by atoms with Crippen LogP contribution in [-0.4, -0.2) is 33.4 Å². The summed E-state index contributed by atoms with van der Waals surface area (Å²) in [5.74, 6) is -0.775. The average Bonchev–Trinajstić information content (AvgIpc) is 2.63. The van der Waals surface area contributed by atoms with Crippen LogP contribution in [-0.2, 0) is 18.3 Å². The molecule has 5 nitrogen and oxygen atoms in total. The van der Waals surface area contributed by atoms with Crippen LogP contribution in [0.25, 0.3) is 0 Å². The maximum Gasteiger partial charge on any atom is 0.320 e. The second kappa shape index (κ2) is 6.27. The Hall–Kier alpha value is -1.36. The number of aromatic nitrogens is 2. The van der Waals surface area contributed by atoms with Crippen molar-refractivity contribution in [3.05, 3.63) is 18.0 Å². The Morgan fingerprint density at radius 3 is 2.94 bits per heavy atom. The molecule has 0 saturated heterocycles. The number of hydrogen-bond acceptors (Lipinski definition) is 3. The second-order valence-electron chi connectivity index (χ2n) is 3.86. The summed E-state index contributed by atoms with van der Waals surface area (Å²) in [7, 11) is 1.87. The molecule has 0 radical (unpaired) electrons. The van der Waals surface area contributed by atoms with E-state index in [1.807, 2.05) is 26.2 Å². The predicted octanol–water partition coefficient (Wildman–Crippen LogP) is 0.806. The number of aliphatic carboxylic acids is 1. The minimum atomic E-state index is -0.775. The van der Waals surface area contributed by atoms with E-state index >= 15 is 0 Å². The van der Waals surface area contributed by atoms with Crippen molar-refractivity contribution in [2.75, 3.05) is 6.54 Å². The predicted molar refractivity (Wildman–Crippen MR) is 61.2 cm³/mol. The van der Waals surface area contributed by atoms with E-state index in [0.717, 1.165) is 18.5 Å². The third-order valence-electron chi connectivity index (χ3n) is 2.42. The van der Waals surface area contributed by atoms with Crippen molar-refractivity contribution in [3.8, 4) is 0 Å². The van der Waals surface area contributed by atoms with Gasteiger partial charge in [0.05, 0.1) is 5.69 Å². The van der Waals surface area contributed by atoms with Gasteiger partial charge in [0.1, 0.15) is 6.04 Å². The Bertz CT molecular complexity index is 336. The molecule has 0 fully saturated rings. The molecule has 1 rings (SSSR count). The van der Waals surface area contributed by atoms with Crippen LogP contribution in [0, 0.1) is 0 Å². The molecule has 1 atom stereocenters. The molecule has 0 aromatic carbocycles. The highest BCUT2D eigenvalue weighted by Gasteiger charge is 2.14. The van der Waals surface area contributed by atoms with Crippen LogP contribution in [0.3, 0.4) is 0 Å². The molecule has 1 aromatic heterocycles. The molecular weight excluding hydrogens is 206 g/mol. The lowest BCUT2D eigenvalue weighted by atomic mass is 10.1. The zero-order valence-corrected chi connectivity index (χ0v) is 9.81. The number of aryl methyl sites for hydroxylation is 1. The first-order chi connectivity index (χ1) is 7.63. The van der Waals surface area contributed by atoms with E-state index in [2.05, 4.69) is 10.4 Å². The number of carbonyl (C=O) groups is 1. The van der Waals surface area contributed by atoms with Gasteiger partial charge in [0.25, 0.3) is 0 Å². The third kappa shape index (κ3) is 4.02. The zero-order chi connectivity index (χ0) is 12.0. The number of nitrogens with zero attached hydrogens (tertiary/aromatic N) is 2. The molecule has 0 spiro atoms. The summed E-state index contributed by atoms with van der Waals surface area (Å²) in [5.41, 5.74) is 0.982. The number of carboxylic acids is 1. The molecular formula is C11H19N3O2. The van der Waals surface area contributed by atoms with E-state index in [0.29, 0.717) is 13.0 Å². The van der Waals surface area contributed by atoms with E-state index in [-0.39, 0.29) is 0 Å². The van der Waals surface area contributed by atoms with Crippen LogP contribution in [0.2, 0.25) is 0 Å². The minimum absolute atomic E-state index is 0.436. The Morgan fingerprint density at radius 1 is 1.69 bits per heavy atom. The van der Waals surface area contributed by atoms with Crippen molar-refractivity contribution >= 4 is 5.97 Å². The molecule has 1 unspecified atom stereocenters. The fourth-order valence-electron chi connectivity index (χ4n) is 1.57. The first-order valence-electron chi connectivity index (χ1n) is 5.58. The van der Waals surface area contributed by atoms with E-state index in [9.17, 15) is 4.79 Å². The highest BCUT2D eigenvalue weighted by Crippen LogP contribution is 1.98. The lowest BCUT2D eigenvalue weighted by Gasteiger charge is -2.12. The first kappa shape index (κ1) is 12.7. The van der Waals surface area contributed by atoms with E-state index in [1.165, 1.54) is 0 Å². The molecule has 1 heterocycles. The standard InChI is InChI=1S/C11H19N3O2/c1-3-4-10(11(15)16)12-7-5-9-6-8-14(2)13-9/h6,8,10,12H,3-5,7H2,1-2H3,(H,15,16). The molecule has 16 heavy (non-hydrogen) atoms. The highest BCUT2D eigenvalue weighted by molar-refractivity contribution is 5.73. The van der Waals surface area contributed by atoms with Crippen LogP contribution in [0.1, 0.15) is 25.5 Å². The molecule has 2 N–H and O–H groups in total. The summed E-state index contributed by atoms with van der Waals surface area (Å²) in [6, 6.07) is 1.51. The zero-order valence-electron chi connectivity index (χ0n) is 9.81. The van der Waals surface area contributed by atoms with E-state index < -0.39 is 12.0 Å². The molecule has 0 aliphatic heterocycles. The minimum Gasteiger partial charge on any atom is -0.480 e. The molecule has 90 valence electrons. The smallest absolute Gasteiger partial charge is 0.320 e. The maximum absolute atomic E-state index is 10.9. The van der Waals surface area contributed by atoms with Crippen molar-refractivity contribution in [1.82, 2.24) is 15.1 Å². The molecule has 1 aromatic rings. The Morgan fingerprint density at radius 2 is 2.44 bits per heavy atom. The average molecular weight is 225 g/mol. The summed E-state index contributed by atoms with van der Waals surface area (Å²) in [6.07, 6.45) is 4.18. The van der Waals surface area contributed by atoms with Gasteiger partial charge in [-0.1, -0.05) is 13.3 Å². The van der Waals surface area contributed by atoms with Crippen molar-refractivity contribution in [2.45, 2.75) is 32.2 Å². The van der Waals surface area contributed by atoms with Gasteiger partial charge < -0.3 is 10.4 Å². The third-order valence-corrected chi connectivity index (χ3v) is 2.42. The molecule has 0 saturated carbocycles. The van der Waals surface area contributed by atoms with Gasteiger partial charge in [0.15, 0.2) is 0 Å². The van der Waals surface area contributed by atoms with Gasteiger partial charge in [-0.2, -0.15) is 5.10 Å². The van der Waals surface area contributed by atoms with Gasteiger partial charge >= 0.3 is 5.97 Å². The lowest BCUT2D eigenvalue weighted by Crippen LogP contribution is -2.37. The summed E-state index contributed by atoms with van der Waals surface area (Å²) >= 11 is 0. The van der Waals surface area contributed by atoms with Crippen molar-refractivity contribution in [1.29, 1.82) is 0 Å². The summed E-state index contributed by atoms with van der Waals surface area (Å²) < 4.78 is 1.75. The van der Waals surface area contributed by atoms with Crippen LogP contribution in [0.5, 0.6) is 0 Å². The van der Waals surface area contributed by atoms with Gasteiger partial charge in [0, 0.05) is 26.2 Å². The Balaban J connectivity index is 2.30. The van der Waals surface area contributed by atoms with Crippen LogP contribution < -0.4 is 5.32 Å². The maximum atomic E-state index is 10.9. The molecule has 0 aliphatic carbocycles. The topological polar surface area (TPSA) is 67.2 Å². The summed E-state index contributed by atoms with van der Waals surface area (Å²) in [5, 5.41) is 16.2. The van der Waals surface area contributed by atoms with Crippen LogP contribution in [0.4, 0.5) is 0 Å². The molecule has 0 bridgehead atoms. The normalized spacial score (nSPS) is 12.6. The van der Waals surface area contributed by atoms with Crippen LogP contribution in [0.15, 0.2) is 12.3 Å². The highest BCUT2D eigenvalue weighted by atomic mass is 16.4. The van der Waals surface area contributed by atoms with Crippen molar-refractivity contribution < 1.29 is 9.90 Å². The van der Waals surface area contributed by atoms with Crippen LogP contribution >= 0.6 is 0 Å².